The van der Waals surface area contributed by atoms with Crippen molar-refractivity contribution in [3.05, 3.63) is 47.2 Å². The molecular weight excluding hydrogens is 654 g/mol. The van der Waals surface area contributed by atoms with E-state index in [0.717, 1.165) is 24.9 Å². The second-order valence-electron chi connectivity index (χ2n) is 15.3. The number of nitrogens with zero attached hydrogens (tertiary/aromatic N) is 3. The van der Waals surface area contributed by atoms with Crippen molar-refractivity contribution in [3.63, 3.8) is 0 Å². The maximum absolute atomic E-state index is 13.9. The van der Waals surface area contributed by atoms with E-state index in [4.69, 9.17) is 14.2 Å². The van der Waals surface area contributed by atoms with Crippen molar-refractivity contribution >= 4 is 41.3 Å². The number of carbonyl (C=O) groups is 3. The Morgan fingerprint density at radius 1 is 1.16 bits per heavy atom. The van der Waals surface area contributed by atoms with Gasteiger partial charge in [-0.3, -0.25) is 15.4 Å². The summed E-state index contributed by atoms with van der Waals surface area (Å²) < 4.78 is 17.6. The van der Waals surface area contributed by atoms with Crippen molar-refractivity contribution < 1.29 is 38.8 Å². The van der Waals surface area contributed by atoms with Gasteiger partial charge >= 0.3 is 11.9 Å². The van der Waals surface area contributed by atoms with Crippen LogP contribution < -0.4 is 15.5 Å². The normalized spacial score (nSPS) is 33.1. The topological polar surface area (TPSA) is 175 Å². The third-order valence-electron chi connectivity index (χ3n) is 12.0. The number of hydrogen-bond acceptors (Lipinski definition) is 12. The summed E-state index contributed by atoms with van der Waals surface area (Å²) in [4.78, 5) is 51.0. The van der Waals surface area contributed by atoms with Gasteiger partial charge in [0.15, 0.2) is 0 Å². The molecule has 2 saturated carbocycles. The number of aliphatic imine (C=N–C) groups is 2. The summed E-state index contributed by atoms with van der Waals surface area (Å²) in [5, 5.41) is 27.9. The molecule has 1 amide bonds. The molecule has 2 aliphatic carbocycles. The molecule has 8 atom stereocenters. The fraction of sp³-hybridized carbons (Fsp3) is 0.605. The fourth-order valence-corrected chi connectivity index (χ4v) is 9.04. The summed E-state index contributed by atoms with van der Waals surface area (Å²) in [6, 6.07) is 5.84. The molecule has 1 aromatic carbocycles. The first kappa shape index (κ1) is 36.9. The number of benzene rings is 1. The molecular formula is C38H51N5O8. The zero-order valence-corrected chi connectivity index (χ0v) is 30.4. The van der Waals surface area contributed by atoms with E-state index in [1.807, 2.05) is 38.1 Å². The van der Waals surface area contributed by atoms with E-state index in [1.165, 1.54) is 0 Å². The lowest BCUT2D eigenvalue weighted by molar-refractivity contribution is -0.177. The van der Waals surface area contributed by atoms with Crippen LogP contribution in [0.4, 0.5) is 5.69 Å². The van der Waals surface area contributed by atoms with Crippen LogP contribution in [0.1, 0.15) is 65.4 Å². The average molecular weight is 706 g/mol. The molecule has 1 aromatic rings. The molecule has 3 aliphatic heterocycles. The maximum Gasteiger partial charge on any atom is 0.342 e. The van der Waals surface area contributed by atoms with E-state index in [0.29, 0.717) is 31.6 Å². The Bertz CT molecular complexity index is 1660. The van der Waals surface area contributed by atoms with Gasteiger partial charge in [0.2, 0.25) is 11.9 Å². The summed E-state index contributed by atoms with van der Waals surface area (Å²) in [6.07, 6.45) is 5.77. The molecule has 1 spiro atoms. The van der Waals surface area contributed by atoms with E-state index in [1.54, 1.807) is 38.3 Å². The Morgan fingerprint density at radius 3 is 2.49 bits per heavy atom. The highest BCUT2D eigenvalue weighted by atomic mass is 16.6. The molecule has 4 N–H and O–H groups in total. The van der Waals surface area contributed by atoms with E-state index in [2.05, 4.69) is 27.5 Å². The molecule has 5 unspecified atom stereocenters. The predicted molar refractivity (Wildman–Crippen MR) is 192 cm³/mol. The Morgan fingerprint density at radius 2 is 1.88 bits per heavy atom. The molecule has 13 nitrogen and oxygen atoms in total. The van der Waals surface area contributed by atoms with Gasteiger partial charge in [0.05, 0.1) is 49.7 Å². The van der Waals surface area contributed by atoms with Crippen LogP contribution in [0.3, 0.4) is 0 Å². The lowest BCUT2D eigenvalue weighted by Gasteiger charge is -2.61. The number of cyclic esters (lactones) is 1. The number of epoxide rings is 1. The van der Waals surface area contributed by atoms with Gasteiger partial charge in [-0.05, 0) is 87.0 Å². The third kappa shape index (κ3) is 6.88. The zero-order chi connectivity index (χ0) is 36.7. The molecule has 0 bridgehead atoms. The first-order valence-electron chi connectivity index (χ1n) is 18.0. The zero-order valence-electron chi connectivity index (χ0n) is 30.4. The van der Waals surface area contributed by atoms with E-state index in [-0.39, 0.29) is 59.2 Å². The standard InChI is InChI=1S/C38H51N5O8/c1-7-49-34(48)31(23-8-10-24(11-9-23)43(5)6)27-18-25(33(47)51-27)26(41-22(2)32(46)42-35-39-16-17-40-35)19-29-36(3)14-13-30(45)37(4,20-44)28(36)12-15-38(29)21-50-38/h8-11,16,18,22,26,28-30,41,44-45H,7,12-15,17,19-21H2,1-6H3,(H,40,42,46)/b31-27-/t22?,26?,28?,29?,30-,36+,37+,38?/m1/s1. The Labute approximate surface area is 299 Å². The highest BCUT2D eigenvalue weighted by molar-refractivity contribution is 6.19. The molecule has 6 rings (SSSR count). The summed E-state index contributed by atoms with van der Waals surface area (Å²) in [5.41, 5.74) is 0.393. The van der Waals surface area contributed by atoms with Gasteiger partial charge < -0.3 is 29.3 Å². The summed E-state index contributed by atoms with van der Waals surface area (Å²) in [6.45, 7) is 8.57. The first-order valence-corrected chi connectivity index (χ1v) is 18.0. The Kier molecular flexibility index (Phi) is 10.3. The number of aliphatic hydroxyl groups is 2. The summed E-state index contributed by atoms with van der Waals surface area (Å²) >= 11 is 0. The van der Waals surface area contributed by atoms with Crippen LogP contribution in [0.25, 0.3) is 5.57 Å². The van der Waals surface area contributed by atoms with E-state index in [9.17, 15) is 24.6 Å². The molecule has 3 heterocycles. The number of carbonyl (C=O) groups excluding carboxylic acids is 3. The van der Waals surface area contributed by atoms with Crippen LogP contribution in [0.15, 0.2) is 51.7 Å². The molecule has 0 radical (unpaired) electrons. The highest BCUT2D eigenvalue weighted by Gasteiger charge is 2.67. The Balaban J connectivity index is 1.40. The lowest BCUT2D eigenvalue weighted by Crippen LogP contribution is -2.61. The second-order valence-corrected chi connectivity index (χ2v) is 15.3. The summed E-state index contributed by atoms with van der Waals surface area (Å²) in [5.74, 6) is -1.42. The number of anilines is 1. The third-order valence-corrected chi connectivity index (χ3v) is 12.0. The fourth-order valence-electron chi connectivity index (χ4n) is 9.04. The van der Waals surface area contributed by atoms with Crippen LogP contribution in [-0.2, 0) is 28.6 Å². The van der Waals surface area contributed by atoms with Gasteiger partial charge in [-0.25, -0.2) is 19.6 Å². The number of rotatable bonds is 11. The van der Waals surface area contributed by atoms with Crippen molar-refractivity contribution in [1.29, 1.82) is 0 Å². The molecule has 51 heavy (non-hydrogen) atoms. The van der Waals surface area contributed by atoms with Crippen LogP contribution in [0, 0.1) is 22.7 Å². The van der Waals surface area contributed by atoms with Gasteiger partial charge in [0, 0.05) is 37.5 Å². The Hall–Kier alpha value is -3.91. The molecule has 276 valence electrons. The number of fused-ring (bicyclic) bond motifs is 1. The number of ether oxygens (including phenoxy) is 3. The highest BCUT2D eigenvalue weighted by Crippen LogP contribution is 2.66. The first-order chi connectivity index (χ1) is 24.3. The average Bonchev–Trinajstić information content (AvgIpc) is 3.48. The number of guanidine groups is 1. The number of nitrogens with one attached hydrogen (secondary N) is 2. The smallest absolute Gasteiger partial charge is 0.342 e. The monoisotopic (exact) mass is 705 g/mol. The number of hydrogen-bond donors (Lipinski definition) is 4. The molecule has 3 fully saturated rings. The number of amides is 1. The quantitative estimate of drug-likeness (QED) is 0.152. The van der Waals surface area contributed by atoms with Crippen molar-refractivity contribution in [2.24, 2.45) is 32.7 Å². The van der Waals surface area contributed by atoms with Crippen LogP contribution in [0.5, 0.6) is 0 Å². The van der Waals surface area contributed by atoms with Crippen molar-refractivity contribution in [2.45, 2.75) is 83.6 Å². The summed E-state index contributed by atoms with van der Waals surface area (Å²) in [7, 11) is 3.84. The second kappa shape index (κ2) is 14.3. The largest absolute Gasteiger partial charge is 0.462 e. The number of aliphatic hydroxyl groups excluding tert-OH is 2. The molecule has 1 saturated heterocycles. The van der Waals surface area contributed by atoms with Gasteiger partial charge in [-0.1, -0.05) is 26.0 Å². The van der Waals surface area contributed by atoms with E-state index < -0.39 is 41.1 Å². The van der Waals surface area contributed by atoms with E-state index >= 15 is 0 Å². The number of esters is 2. The minimum absolute atomic E-state index is 0.00120. The maximum atomic E-state index is 13.9. The van der Waals surface area contributed by atoms with Gasteiger partial charge in [0.25, 0.3) is 0 Å². The van der Waals surface area contributed by atoms with Crippen LogP contribution >= 0.6 is 0 Å². The van der Waals surface area contributed by atoms with Crippen LogP contribution in [0.2, 0.25) is 0 Å². The van der Waals surface area contributed by atoms with Crippen LogP contribution in [-0.4, -0.2) is 104 Å². The van der Waals surface area contributed by atoms with Crippen molar-refractivity contribution in [1.82, 2.24) is 10.6 Å². The van der Waals surface area contributed by atoms with Gasteiger partial charge in [-0.15, -0.1) is 0 Å². The van der Waals surface area contributed by atoms with Gasteiger partial charge in [-0.2, -0.15) is 0 Å². The molecule has 13 heteroatoms. The number of allylic oxidation sites excluding steroid dienone is 1. The van der Waals surface area contributed by atoms with Crippen molar-refractivity contribution in [3.8, 4) is 0 Å². The predicted octanol–water partition coefficient (Wildman–Crippen LogP) is 2.76. The SMILES string of the molecule is CCOC(=O)/C(=C1/C=C(C(CC2C3(CCC4[C@]2(C)CC[C@@H](O)[C@@]4(C)CO)CO3)NC(C)C(=O)NC2=NCC=N2)C(=O)O1)c1ccc(N(C)C)cc1. The molecule has 5 aliphatic rings. The lowest BCUT2D eigenvalue weighted by atomic mass is 9.44. The van der Waals surface area contributed by atoms with Gasteiger partial charge in [0.1, 0.15) is 11.3 Å². The minimum Gasteiger partial charge on any atom is -0.462 e. The minimum atomic E-state index is -0.780. The molecule has 0 aromatic heterocycles. The van der Waals surface area contributed by atoms with Crippen molar-refractivity contribution in [2.75, 3.05) is 45.4 Å².